The number of methoxy groups -OCH3 is 1. The summed E-state index contributed by atoms with van der Waals surface area (Å²) in [6.07, 6.45) is 8.43. The van der Waals surface area contributed by atoms with Gasteiger partial charge in [-0.2, -0.15) is 8.78 Å². The zero-order valence-electron chi connectivity index (χ0n) is 35.7. The van der Waals surface area contributed by atoms with Crippen molar-refractivity contribution >= 4 is 59.0 Å². The molecule has 0 aromatic heterocycles. The fourth-order valence-corrected chi connectivity index (χ4v) is 9.84. The molecule has 17 nitrogen and oxygen atoms in total. The number of aliphatic imine (C=N–C) groups is 2. The number of piperidine rings is 1. The summed E-state index contributed by atoms with van der Waals surface area (Å²) in [5, 5.41) is 11.9. The summed E-state index contributed by atoms with van der Waals surface area (Å²) >= 11 is 0. The van der Waals surface area contributed by atoms with E-state index in [1.807, 2.05) is 0 Å². The van der Waals surface area contributed by atoms with E-state index in [4.69, 9.17) is 9.73 Å². The van der Waals surface area contributed by atoms with Gasteiger partial charge in [-0.1, -0.05) is 18.9 Å². The van der Waals surface area contributed by atoms with Gasteiger partial charge in [0.15, 0.2) is 0 Å². The van der Waals surface area contributed by atoms with Gasteiger partial charge in [0.05, 0.1) is 30.5 Å². The minimum atomic E-state index is -3.55. The van der Waals surface area contributed by atoms with Crippen LogP contribution in [0.5, 0.6) is 5.75 Å². The number of amides is 6. The van der Waals surface area contributed by atoms with E-state index in [1.165, 1.54) is 20.4 Å². The lowest BCUT2D eigenvalue weighted by molar-refractivity contribution is -0.156. The first-order valence-electron chi connectivity index (χ1n) is 21.8. The highest BCUT2D eigenvalue weighted by molar-refractivity contribution is 6.25. The van der Waals surface area contributed by atoms with Crippen LogP contribution in [0.3, 0.4) is 0 Å². The maximum Gasteiger partial charge on any atom is 0.337 e. The summed E-state index contributed by atoms with van der Waals surface area (Å²) in [4.78, 5) is 92.0. The highest BCUT2D eigenvalue weighted by atomic mass is 19.3. The van der Waals surface area contributed by atoms with Crippen molar-refractivity contribution in [2.24, 2.45) is 9.98 Å². The molecule has 4 aliphatic heterocycles. The van der Waals surface area contributed by atoms with Gasteiger partial charge in [-0.3, -0.25) is 43.9 Å². The van der Waals surface area contributed by atoms with E-state index in [1.54, 1.807) is 41.3 Å². The maximum atomic E-state index is 15.1. The summed E-state index contributed by atoms with van der Waals surface area (Å²) < 4.78 is 35.8. The number of alkyl halides is 2. The largest absolute Gasteiger partial charge is 0.495 e. The molecule has 3 atom stereocenters. The molecular weight excluding hydrogens is 819 g/mol. The van der Waals surface area contributed by atoms with Crippen molar-refractivity contribution in [2.75, 3.05) is 51.5 Å². The Labute approximate surface area is 364 Å². The van der Waals surface area contributed by atoms with Gasteiger partial charge in [0.2, 0.25) is 17.8 Å². The van der Waals surface area contributed by atoms with Crippen LogP contribution in [0.25, 0.3) is 0 Å². The van der Waals surface area contributed by atoms with Crippen molar-refractivity contribution in [1.82, 2.24) is 30.2 Å². The number of ether oxygens (including phenoxy) is 1. The van der Waals surface area contributed by atoms with Crippen LogP contribution < -0.4 is 26.0 Å². The third kappa shape index (κ3) is 8.89. The summed E-state index contributed by atoms with van der Waals surface area (Å²) in [5.41, 5.74) is 1.90. The Balaban J connectivity index is 0.810. The van der Waals surface area contributed by atoms with E-state index < -0.39 is 60.3 Å². The van der Waals surface area contributed by atoms with E-state index in [2.05, 4.69) is 38.2 Å². The highest BCUT2D eigenvalue weighted by Gasteiger charge is 2.53. The lowest BCUT2D eigenvalue weighted by Crippen LogP contribution is -2.54. The van der Waals surface area contributed by atoms with E-state index in [0.717, 1.165) is 74.1 Å². The van der Waals surface area contributed by atoms with Crippen LogP contribution in [0.1, 0.15) is 102 Å². The second-order valence-electron chi connectivity index (χ2n) is 17.3. The number of hydrogen-bond donors (Lipinski definition) is 4. The van der Waals surface area contributed by atoms with Crippen molar-refractivity contribution in [1.29, 1.82) is 0 Å². The predicted molar refractivity (Wildman–Crippen MR) is 229 cm³/mol. The standard InChI is InChI=1S/C44H54F2N10O7/c1-53(21-7-20-47-31-11-6-10-29-36(31)41(61)56(40(29)60)32-18-19-35(57)51-39(32)59)27-15-13-26(14-16-27)49-38(58)25-12-17-30(34(22-25)63-3)50-43-48-23-33-37(52-43)55(28-8-4-5-9-28)24-44(45,46)42(62)54(33)2/h6,10-12,17,22-23,26-28,32-33,37,47H,4-5,7-9,13-16,18-21,24H2,1-3H3,(H,49,58)(H,50,52)(H,51,57,59)/t26-,27+,32?,33?,37?. The third-order valence-corrected chi connectivity index (χ3v) is 13.3. The summed E-state index contributed by atoms with van der Waals surface area (Å²) in [7, 11) is 4.93. The molecule has 0 bridgehead atoms. The van der Waals surface area contributed by atoms with Crippen LogP contribution in [0.2, 0.25) is 0 Å². The average molecular weight is 873 g/mol. The van der Waals surface area contributed by atoms with Gasteiger partial charge in [0.1, 0.15) is 24.0 Å². The van der Waals surface area contributed by atoms with E-state index >= 15 is 8.78 Å². The maximum absolute atomic E-state index is 15.1. The van der Waals surface area contributed by atoms with Crippen molar-refractivity contribution in [3.05, 3.63) is 53.1 Å². The molecule has 2 aromatic rings. The molecule has 6 aliphatic rings. The second kappa shape index (κ2) is 18.1. The molecule has 2 aliphatic carbocycles. The first kappa shape index (κ1) is 43.8. The number of anilines is 2. The number of hydrogen-bond acceptors (Lipinski definition) is 13. The Bertz CT molecular complexity index is 2220. The van der Waals surface area contributed by atoms with Crippen LogP contribution in [0, 0.1) is 0 Å². The average Bonchev–Trinajstić information content (AvgIpc) is 3.89. The molecule has 0 radical (unpaired) electrons. The molecule has 63 heavy (non-hydrogen) atoms. The minimum Gasteiger partial charge on any atom is -0.495 e. The lowest BCUT2D eigenvalue weighted by Gasteiger charge is -2.38. The molecule has 19 heteroatoms. The molecule has 3 unspecified atom stereocenters. The molecule has 8 rings (SSSR count). The fraction of sp³-hybridized carbons (Fsp3) is 0.545. The molecule has 4 fully saturated rings. The Morgan fingerprint density at radius 2 is 1.75 bits per heavy atom. The van der Waals surface area contributed by atoms with E-state index in [0.29, 0.717) is 35.3 Å². The first-order valence-corrected chi connectivity index (χ1v) is 21.8. The van der Waals surface area contributed by atoms with Crippen LogP contribution in [0.15, 0.2) is 46.4 Å². The van der Waals surface area contributed by atoms with E-state index in [-0.39, 0.29) is 47.9 Å². The molecular formula is C44H54F2N10O7. The first-order chi connectivity index (χ1) is 30.2. The van der Waals surface area contributed by atoms with Crippen LogP contribution in [-0.2, 0) is 14.4 Å². The van der Waals surface area contributed by atoms with Gasteiger partial charge in [0, 0.05) is 55.6 Å². The molecule has 6 amide bonds. The highest BCUT2D eigenvalue weighted by Crippen LogP contribution is 2.36. The van der Waals surface area contributed by atoms with Gasteiger partial charge in [0.25, 0.3) is 23.6 Å². The number of halogens is 2. The number of guanidine groups is 1. The Kier molecular flexibility index (Phi) is 12.6. The molecule has 2 saturated heterocycles. The lowest BCUT2D eigenvalue weighted by atomic mass is 9.90. The van der Waals surface area contributed by atoms with Crippen molar-refractivity contribution in [3.63, 3.8) is 0 Å². The Hall–Kier alpha value is -5.82. The molecule has 4 heterocycles. The van der Waals surface area contributed by atoms with Gasteiger partial charge in [-0.05, 0) is 95.3 Å². The smallest absolute Gasteiger partial charge is 0.337 e. The number of benzene rings is 2. The zero-order valence-corrected chi connectivity index (χ0v) is 35.7. The Morgan fingerprint density at radius 3 is 2.48 bits per heavy atom. The molecule has 4 N–H and O–H groups in total. The van der Waals surface area contributed by atoms with Crippen LogP contribution >= 0.6 is 0 Å². The number of rotatable bonds is 12. The Morgan fingerprint density at radius 1 is 0.984 bits per heavy atom. The van der Waals surface area contributed by atoms with Crippen molar-refractivity contribution in [2.45, 2.75) is 113 Å². The molecule has 2 aromatic carbocycles. The van der Waals surface area contributed by atoms with Gasteiger partial charge in [-0.25, -0.2) is 9.98 Å². The van der Waals surface area contributed by atoms with Crippen LogP contribution in [0.4, 0.5) is 20.2 Å². The summed E-state index contributed by atoms with van der Waals surface area (Å²) in [6.45, 7) is 0.622. The topological polar surface area (TPSA) is 197 Å². The number of imide groups is 2. The number of fused-ring (bicyclic) bond motifs is 2. The summed E-state index contributed by atoms with van der Waals surface area (Å²) in [6, 6.07) is 8.46. The molecule has 2 saturated carbocycles. The number of carbonyl (C=O) groups excluding carboxylic acids is 6. The zero-order chi connectivity index (χ0) is 44.6. The monoisotopic (exact) mass is 872 g/mol. The number of nitrogens with one attached hydrogen (secondary N) is 4. The molecule has 336 valence electrons. The van der Waals surface area contributed by atoms with Crippen molar-refractivity contribution in [3.8, 4) is 5.75 Å². The quantitative estimate of drug-likeness (QED) is 0.180. The predicted octanol–water partition coefficient (Wildman–Crippen LogP) is 3.47. The summed E-state index contributed by atoms with van der Waals surface area (Å²) in [5.74, 6) is -6.61. The van der Waals surface area contributed by atoms with Crippen LogP contribution in [-0.4, -0.2) is 150 Å². The second-order valence-corrected chi connectivity index (χ2v) is 17.3. The van der Waals surface area contributed by atoms with Crippen molar-refractivity contribution < 1.29 is 42.3 Å². The SMILES string of the molecule is COc1cc(C(=O)N[C@H]2CC[C@@H](N(C)CCCNc3cccc4c3C(=O)N(C3CCC(=O)NC3=O)C4=O)CC2)ccc1NC1=NC2C(C=N1)N(C)C(=O)C(F)(F)CN2C1CCCC1. The normalized spacial score (nSPS) is 26.3. The van der Waals surface area contributed by atoms with Gasteiger partial charge >= 0.3 is 5.92 Å². The molecule has 0 spiro atoms. The minimum absolute atomic E-state index is 0.00793. The number of likely N-dealkylation sites (N-methyl/N-ethyl adjacent to an activating group) is 1. The van der Waals surface area contributed by atoms with Gasteiger partial charge in [-0.15, -0.1) is 0 Å². The fourth-order valence-electron chi connectivity index (χ4n) is 9.84. The third-order valence-electron chi connectivity index (χ3n) is 13.3. The number of nitrogens with zero attached hydrogens (tertiary/aromatic N) is 6. The van der Waals surface area contributed by atoms with E-state index in [9.17, 15) is 28.8 Å². The number of carbonyl (C=O) groups is 6. The van der Waals surface area contributed by atoms with Gasteiger partial charge < -0.3 is 30.5 Å².